The van der Waals surface area contributed by atoms with Gasteiger partial charge >= 0.3 is 0 Å². The molecular formula is C13H24N2O. The fraction of sp³-hybridized carbons (Fsp3) is 0.923. The maximum Gasteiger partial charge on any atom is 0.223 e. The summed E-state index contributed by atoms with van der Waals surface area (Å²) in [4.78, 5) is 11.9. The molecule has 0 spiro atoms. The van der Waals surface area contributed by atoms with Crippen LogP contribution in [-0.2, 0) is 4.79 Å². The monoisotopic (exact) mass is 224 g/mol. The Hall–Kier alpha value is -0.570. The van der Waals surface area contributed by atoms with Gasteiger partial charge in [-0.3, -0.25) is 4.79 Å². The van der Waals surface area contributed by atoms with Gasteiger partial charge in [-0.2, -0.15) is 0 Å². The summed E-state index contributed by atoms with van der Waals surface area (Å²) in [7, 11) is 0. The highest BCUT2D eigenvalue weighted by atomic mass is 16.1. The van der Waals surface area contributed by atoms with Crippen LogP contribution in [-0.4, -0.2) is 18.5 Å². The molecule has 0 saturated heterocycles. The molecule has 2 saturated carbocycles. The third-order valence-electron chi connectivity index (χ3n) is 4.38. The summed E-state index contributed by atoms with van der Waals surface area (Å²) in [6.45, 7) is 5.40. The van der Waals surface area contributed by atoms with E-state index in [2.05, 4.69) is 19.2 Å². The predicted molar refractivity (Wildman–Crippen MR) is 64.8 cm³/mol. The lowest BCUT2D eigenvalue weighted by atomic mass is 9.86. The Morgan fingerprint density at radius 3 is 2.38 bits per heavy atom. The van der Waals surface area contributed by atoms with Crippen LogP contribution >= 0.6 is 0 Å². The molecule has 3 N–H and O–H groups in total. The van der Waals surface area contributed by atoms with Crippen molar-refractivity contribution in [2.75, 3.05) is 6.54 Å². The zero-order chi connectivity index (χ0) is 11.8. The lowest BCUT2D eigenvalue weighted by Gasteiger charge is -2.25. The summed E-state index contributed by atoms with van der Waals surface area (Å²) < 4.78 is 0. The number of hydrogen-bond donors (Lipinski definition) is 2. The van der Waals surface area contributed by atoms with Crippen molar-refractivity contribution < 1.29 is 4.79 Å². The second-order valence-corrected chi connectivity index (χ2v) is 6.25. The molecule has 0 aromatic rings. The van der Waals surface area contributed by atoms with E-state index in [1.165, 1.54) is 6.42 Å². The summed E-state index contributed by atoms with van der Waals surface area (Å²) in [5.74, 6) is 1.18. The summed E-state index contributed by atoms with van der Waals surface area (Å²) in [6, 6.07) is 0.325. The molecule has 2 aliphatic carbocycles. The minimum atomic E-state index is 0.224. The summed E-state index contributed by atoms with van der Waals surface area (Å²) in [5.41, 5.74) is 6.29. The lowest BCUT2D eigenvalue weighted by molar-refractivity contribution is -0.126. The van der Waals surface area contributed by atoms with Gasteiger partial charge in [0.15, 0.2) is 0 Å². The van der Waals surface area contributed by atoms with Gasteiger partial charge in [0.2, 0.25) is 5.91 Å². The highest BCUT2D eigenvalue weighted by molar-refractivity contribution is 5.78. The Kier molecular flexibility index (Phi) is 3.24. The number of carbonyl (C=O) groups excluding carboxylic acids is 1. The average Bonchev–Trinajstić information content (AvgIpc) is 2.84. The molecule has 1 unspecified atom stereocenters. The molecule has 0 heterocycles. The first-order valence-electron chi connectivity index (χ1n) is 6.52. The van der Waals surface area contributed by atoms with Gasteiger partial charge in [-0.1, -0.05) is 13.8 Å². The second-order valence-electron chi connectivity index (χ2n) is 6.25. The molecule has 92 valence electrons. The minimum absolute atomic E-state index is 0.224. The van der Waals surface area contributed by atoms with E-state index in [1.54, 1.807) is 0 Å². The number of carbonyl (C=O) groups is 1. The van der Waals surface area contributed by atoms with Crippen molar-refractivity contribution in [2.45, 2.75) is 52.0 Å². The van der Waals surface area contributed by atoms with E-state index >= 15 is 0 Å². The first-order valence-corrected chi connectivity index (χ1v) is 6.52. The van der Waals surface area contributed by atoms with Crippen molar-refractivity contribution in [3.05, 3.63) is 0 Å². The molecule has 16 heavy (non-hydrogen) atoms. The third-order valence-corrected chi connectivity index (χ3v) is 4.38. The van der Waals surface area contributed by atoms with Crippen LogP contribution in [0.3, 0.4) is 0 Å². The molecule has 3 nitrogen and oxygen atoms in total. The van der Waals surface area contributed by atoms with E-state index < -0.39 is 0 Å². The number of amides is 1. The molecule has 0 aliphatic heterocycles. The molecule has 3 heteroatoms. The van der Waals surface area contributed by atoms with Gasteiger partial charge < -0.3 is 11.1 Å². The zero-order valence-electron chi connectivity index (χ0n) is 10.5. The van der Waals surface area contributed by atoms with Gasteiger partial charge in [0.05, 0.1) is 0 Å². The van der Waals surface area contributed by atoms with Gasteiger partial charge in [0.1, 0.15) is 0 Å². The average molecular weight is 224 g/mol. The van der Waals surface area contributed by atoms with Gasteiger partial charge in [0.25, 0.3) is 0 Å². The Labute approximate surface area is 98.2 Å². The highest BCUT2D eigenvalue weighted by Crippen LogP contribution is 2.51. The van der Waals surface area contributed by atoms with E-state index in [9.17, 15) is 4.79 Å². The summed E-state index contributed by atoms with van der Waals surface area (Å²) >= 11 is 0. The van der Waals surface area contributed by atoms with E-state index in [1.807, 2.05) is 0 Å². The Morgan fingerprint density at radius 1 is 1.31 bits per heavy atom. The van der Waals surface area contributed by atoms with Crippen LogP contribution in [0.5, 0.6) is 0 Å². The van der Waals surface area contributed by atoms with Gasteiger partial charge in [-0.15, -0.1) is 0 Å². The fourth-order valence-electron chi connectivity index (χ4n) is 2.67. The van der Waals surface area contributed by atoms with Gasteiger partial charge in [-0.25, -0.2) is 0 Å². The highest BCUT2D eigenvalue weighted by Gasteiger charge is 2.45. The van der Waals surface area contributed by atoms with Crippen LogP contribution in [0.2, 0.25) is 0 Å². The fourth-order valence-corrected chi connectivity index (χ4v) is 2.67. The normalized spacial score (nSPS) is 36.8. The number of rotatable bonds is 3. The topological polar surface area (TPSA) is 55.1 Å². The molecule has 1 amide bonds. The van der Waals surface area contributed by atoms with Crippen molar-refractivity contribution >= 4 is 5.91 Å². The second kappa shape index (κ2) is 4.36. The lowest BCUT2D eigenvalue weighted by Crippen LogP contribution is -2.37. The van der Waals surface area contributed by atoms with E-state index in [0.29, 0.717) is 17.4 Å². The number of hydrogen-bond acceptors (Lipinski definition) is 2. The largest absolute Gasteiger partial charge is 0.356 e. The molecule has 1 atom stereocenters. The van der Waals surface area contributed by atoms with Crippen LogP contribution in [0.4, 0.5) is 0 Å². The molecule has 2 fully saturated rings. The van der Waals surface area contributed by atoms with E-state index in [0.717, 1.165) is 32.2 Å². The maximum absolute atomic E-state index is 11.9. The Morgan fingerprint density at radius 2 is 1.88 bits per heavy atom. The Balaban J connectivity index is 1.68. The summed E-state index contributed by atoms with van der Waals surface area (Å²) in [5, 5.41) is 3.11. The quantitative estimate of drug-likeness (QED) is 0.766. The van der Waals surface area contributed by atoms with Gasteiger partial charge in [-0.05, 0) is 43.4 Å². The predicted octanol–water partition coefficient (Wildman–Crippen LogP) is 1.67. The standard InChI is InChI=1S/C13H24N2O/c1-13(2)7-10(13)8-15-12(16)9-3-5-11(14)6-4-9/h9-11H,3-8,14H2,1-2H3,(H,15,16). The minimum Gasteiger partial charge on any atom is -0.356 e. The Bertz CT molecular complexity index is 267. The van der Waals surface area contributed by atoms with Gasteiger partial charge in [0, 0.05) is 18.5 Å². The first-order chi connectivity index (χ1) is 7.49. The third kappa shape index (κ3) is 2.76. The van der Waals surface area contributed by atoms with Crippen molar-refractivity contribution in [3.8, 4) is 0 Å². The van der Waals surface area contributed by atoms with Crippen molar-refractivity contribution in [3.63, 3.8) is 0 Å². The van der Waals surface area contributed by atoms with Crippen molar-refractivity contribution in [2.24, 2.45) is 23.0 Å². The van der Waals surface area contributed by atoms with Crippen molar-refractivity contribution in [1.29, 1.82) is 0 Å². The SMILES string of the molecule is CC1(C)CC1CNC(=O)C1CCC(N)CC1. The van der Waals surface area contributed by atoms with E-state index in [4.69, 9.17) is 5.73 Å². The molecule has 2 aliphatic rings. The zero-order valence-corrected chi connectivity index (χ0v) is 10.5. The molecule has 0 radical (unpaired) electrons. The maximum atomic E-state index is 11.9. The molecule has 0 aromatic heterocycles. The van der Waals surface area contributed by atoms with Crippen LogP contribution in [0.1, 0.15) is 46.0 Å². The molecule has 0 bridgehead atoms. The first kappa shape index (κ1) is 11.9. The van der Waals surface area contributed by atoms with Crippen molar-refractivity contribution in [1.82, 2.24) is 5.32 Å². The number of nitrogens with one attached hydrogen (secondary N) is 1. The van der Waals surface area contributed by atoms with E-state index in [-0.39, 0.29) is 11.8 Å². The van der Waals surface area contributed by atoms with Crippen LogP contribution in [0.25, 0.3) is 0 Å². The van der Waals surface area contributed by atoms with Crippen LogP contribution in [0, 0.1) is 17.3 Å². The summed E-state index contributed by atoms with van der Waals surface area (Å²) in [6.07, 6.45) is 5.21. The molecular weight excluding hydrogens is 200 g/mol. The number of nitrogens with two attached hydrogens (primary N) is 1. The molecule has 0 aromatic carbocycles. The molecule has 2 rings (SSSR count). The van der Waals surface area contributed by atoms with Crippen LogP contribution in [0.15, 0.2) is 0 Å². The van der Waals surface area contributed by atoms with Crippen LogP contribution < -0.4 is 11.1 Å². The smallest absolute Gasteiger partial charge is 0.223 e.